The molecule has 0 spiro atoms. The van der Waals surface area contributed by atoms with Crippen molar-refractivity contribution in [2.45, 2.75) is 26.3 Å². The Labute approximate surface area is 168 Å². The van der Waals surface area contributed by atoms with E-state index >= 15 is 0 Å². The maximum Gasteiger partial charge on any atom is 0.193 e. The maximum absolute atomic E-state index is 5.54. The van der Waals surface area contributed by atoms with Crippen LogP contribution in [0.25, 0.3) is 0 Å². The molecule has 2 saturated heterocycles. The molecule has 152 valence electrons. The van der Waals surface area contributed by atoms with Crippen molar-refractivity contribution in [1.82, 2.24) is 15.1 Å². The highest BCUT2D eigenvalue weighted by Crippen LogP contribution is 2.22. The lowest BCUT2D eigenvalue weighted by Crippen LogP contribution is -2.55. The number of nitrogens with one attached hydrogen (secondary N) is 1. The molecule has 1 atom stereocenters. The van der Waals surface area contributed by atoms with Crippen LogP contribution < -0.4 is 10.2 Å². The van der Waals surface area contributed by atoms with E-state index in [-0.39, 0.29) is 0 Å². The molecule has 0 aliphatic carbocycles. The van der Waals surface area contributed by atoms with Gasteiger partial charge in [-0.1, -0.05) is 13.8 Å². The second-order valence-corrected chi connectivity index (χ2v) is 8.71. The quantitative estimate of drug-likeness (QED) is 0.593. The molecule has 0 aromatic carbocycles. The van der Waals surface area contributed by atoms with Crippen molar-refractivity contribution in [2.24, 2.45) is 10.9 Å². The number of guanidine groups is 1. The summed E-state index contributed by atoms with van der Waals surface area (Å²) in [6, 6.07) is 4.89. The molecule has 0 radical (unpaired) electrons. The van der Waals surface area contributed by atoms with Gasteiger partial charge in [0, 0.05) is 58.9 Å². The SMILES string of the molecule is CN=C(NCC(CC(C)C)N1CCOCC1)N1CCN(c2cccs2)CC1. The molecule has 3 heterocycles. The summed E-state index contributed by atoms with van der Waals surface area (Å²) in [5.74, 6) is 1.74. The lowest BCUT2D eigenvalue weighted by Gasteiger charge is -2.39. The average molecular weight is 394 g/mol. The van der Waals surface area contributed by atoms with Gasteiger partial charge in [-0.2, -0.15) is 0 Å². The number of rotatable bonds is 6. The van der Waals surface area contributed by atoms with Crippen molar-refractivity contribution in [3.63, 3.8) is 0 Å². The predicted octanol–water partition coefficient (Wildman–Crippen LogP) is 2.19. The van der Waals surface area contributed by atoms with Gasteiger partial charge in [0.2, 0.25) is 0 Å². The molecule has 1 aromatic rings. The molecule has 7 heteroatoms. The third-order valence-electron chi connectivity index (χ3n) is 5.41. The van der Waals surface area contributed by atoms with E-state index in [9.17, 15) is 0 Å². The molecule has 6 nitrogen and oxygen atoms in total. The maximum atomic E-state index is 5.54. The molecule has 2 fully saturated rings. The number of morpholine rings is 1. The summed E-state index contributed by atoms with van der Waals surface area (Å²) in [6.45, 7) is 13.5. The minimum absolute atomic E-state index is 0.540. The number of thiophene rings is 1. The van der Waals surface area contributed by atoms with E-state index in [1.54, 1.807) is 0 Å². The fourth-order valence-electron chi connectivity index (χ4n) is 3.98. The Morgan fingerprint density at radius 3 is 2.52 bits per heavy atom. The number of aliphatic imine (C=N–C) groups is 1. The van der Waals surface area contributed by atoms with E-state index in [0.717, 1.165) is 65.0 Å². The second kappa shape index (κ2) is 10.3. The first-order valence-corrected chi connectivity index (χ1v) is 11.1. The van der Waals surface area contributed by atoms with Crippen molar-refractivity contribution in [3.05, 3.63) is 17.5 Å². The Balaban J connectivity index is 1.51. The molecule has 0 bridgehead atoms. The zero-order valence-electron chi connectivity index (χ0n) is 17.1. The van der Waals surface area contributed by atoms with Crippen LogP contribution in [-0.4, -0.2) is 87.9 Å². The van der Waals surface area contributed by atoms with Gasteiger partial charge in [-0.3, -0.25) is 9.89 Å². The van der Waals surface area contributed by atoms with Crippen molar-refractivity contribution in [1.29, 1.82) is 0 Å². The molecular weight excluding hydrogens is 358 g/mol. The van der Waals surface area contributed by atoms with Crippen LogP contribution in [0, 0.1) is 5.92 Å². The topological polar surface area (TPSA) is 43.3 Å². The molecule has 1 unspecified atom stereocenters. The standard InChI is InChI=1S/C20H35N5OS/c1-17(2)15-18(23-10-12-26-13-11-23)16-22-20(21-3)25-8-6-24(7-9-25)19-5-4-14-27-19/h4-5,14,17-18H,6-13,15-16H2,1-3H3,(H,21,22). The summed E-state index contributed by atoms with van der Waals surface area (Å²) in [4.78, 5) is 12.0. The number of ether oxygens (including phenoxy) is 1. The first-order valence-electron chi connectivity index (χ1n) is 10.2. The average Bonchev–Trinajstić information content (AvgIpc) is 3.23. The zero-order chi connectivity index (χ0) is 19.1. The molecular formula is C20H35N5OS. The van der Waals surface area contributed by atoms with E-state index < -0.39 is 0 Å². The largest absolute Gasteiger partial charge is 0.379 e. The van der Waals surface area contributed by atoms with Gasteiger partial charge in [-0.15, -0.1) is 11.3 Å². The minimum Gasteiger partial charge on any atom is -0.379 e. The van der Waals surface area contributed by atoms with Gasteiger partial charge < -0.3 is 19.9 Å². The van der Waals surface area contributed by atoms with Crippen molar-refractivity contribution in [2.75, 3.05) is 71.0 Å². The van der Waals surface area contributed by atoms with Gasteiger partial charge in [-0.05, 0) is 29.9 Å². The van der Waals surface area contributed by atoms with Crippen LogP contribution in [0.15, 0.2) is 22.5 Å². The van der Waals surface area contributed by atoms with Crippen LogP contribution in [0.4, 0.5) is 5.00 Å². The Kier molecular flexibility index (Phi) is 7.79. The van der Waals surface area contributed by atoms with Crippen LogP contribution in [0.1, 0.15) is 20.3 Å². The smallest absolute Gasteiger partial charge is 0.193 e. The number of hydrogen-bond acceptors (Lipinski definition) is 5. The Bertz CT molecular complexity index is 563. The zero-order valence-corrected chi connectivity index (χ0v) is 17.9. The normalized spacial score (nSPS) is 21.0. The summed E-state index contributed by atoms with van der Waals surface area (Å²) >= 11 is 1.83. The Hall–Kier alpha value is -1.31. The summed E-state index contributed by atoms with van der Waals surface area (Å²) in [5, 5.41) is 7.20. The third-order valence-corrected chi connectivity index (χ3v) is 6.34. The third kappa shape index (κ3) is 5.83. The molecule has 3 rings (SSSR count). The van der Waals surface area contributed by atoms with E-state index in [1.807, 2.05) is 18.4 Å². The predicted molar refractivity (Wildman–Crippen MR) is 115 cm³/mol. The fraction of sp³-hybridized carbons (Fsp3) is 0.750. The minimum atomic E-state index is 0.540. The first kappa shape index (κ1) is 20.4. The van der Waals surface area contributed by atoms with Crippen molar-refractivity contribution >= 4 is 22.3 Å². The highest BCUT2D eigenvalue weighted by molar-refractivity contribution is 7.14. The lowest BCUT2D eigenvalue weighted by atomic mass is 10.0. The van der Waals surface area contributed by atoms with Gasteiger partial charge >= 0.3 is 0 Å². The second-order valence-electron chi connectivity index (χ2n) is 7.79. The van der Waals surface area contributed by atoms with Gasteiger partial charge in [0.25, 0.3) is 0 Å². The molecule has 2 aliphatic heterocycles. The van der Waals surface area contributed by atoms with Crippen LogP contribution in [0.5, 0.6) is 0 Å². The summed E-state index contributed by atoms with van der Waals surface area (Å²) in [7, 11) is 1.90. The van der Waals surface area contributed by atoms with Gasteiger partial charge in [0.05, 0.1) is 18.2 Å². The number of anilines is 1. The fourth-order valence-corrected chi connectivity index (χ4v) is 4.76. The van der Waals surface area contributed by atoms with Gasteiger partial charge in [0.1, 0.15) is 0 Å². The molecule has 1 N–H and O–H groups in total. The molecule has 27 heavy (non-hydrogen) atoms. The van der Waals surface area contributed by atoms with Crippen LogP contribution in [0.2, 0.25) is 0 Å². The first-order chi connectivity index (χ1) is 13.2. The van der Waals surface area contributed by atoms with Gasteiger partial charge in [-0.25, -0.2) is 0 Å². The van der Waals surface area contributed by atoms with E-state index in [4.69, 9.17) is 4.74 Å². The molecule has 0 amide bonds. The summed E-state index contributed by atoms with van der Waals surface area (Å²) < 4.78 is 5.54. The van der Waals surface area contributed by atoms with Crippen molar-refractivity contribution < 1.29 is 4.74 Å². The monoisotopic (exact) mass is 393 g/mol. The van der Waals surface area contributed by atoms with E-state index in [1.165, 1.54) is 11.4 Å². The highest BCUT2D eigenvalue weighted by Gasteiger charge is 2.24. The summed E-state index contributed by atoms with van der Waals surface area (Å²) in [5.41, 5.74) is 0. The van der Waals surface area contributed by atoms with Crippen LogP contribution >= 0.6 is 11.3 Å². The highest BCUT2D eigenvalue weighted by atomic mass is 32.1. The lowest BCUT2D eigenvalue weighted by molar-refractivity contribution is 0.0131. The Morgan fingerprint density at radius 2 is 1.93 bits per heavy atom. The van der Waals surface area contributed by atoms with E-state index in [2.05, 4.69) is 56.4 Å². The van der Waals surface area contributed by atoms with Gasteiger partial charge in [0.15, 0.2) is 5.96 Å². The van der Waals surface area contributed by atoms with Crippen molar-refractivity contribution in [3.8, 4) is 0 Å². The Morgan fingerprint density at radius 1 is 1.19 bits per heavy atom. The molecule has 0 saturated carbocycles. The van der Waals surface area contributed by atoms with Crippen LogP contribution in [0.3, 0.4) is 0 Å². The number of piperazine rings is 1. The molecule has 1 aromatic heterocycles. The molecule has 2 aliphatic rings. The summed E-state index contributed by atoms with van der Waals surface area (Å²) in [6.07, 6.45) is 1.20. The van der Waals surface area contributed by atoms with Crippen LogP contribution in [-0.2, 0) is 4.74 Å². The number of nitrogens with zero attached hydrogens (tertiary/aromatic N) is 4. The number of hydrogen-bond donors (Lipinski definition) is 1. The van der Waals surface area contributed by atoms with E-state index in [0.29, 0.717) is 12.0 Å².